The van der Waals surface area contributed by atoms with E-state index < -0.39 is 0 Å². The van der Waals surface area contributed by atoms with E-state index in [-0.39, 0.29) is 5.91 Å². The first-order chi connectivity index (χ1) is 8.58. The Morgan fingerprint density at radius 3 is 2.94 bits per heavy atom. The number of ether oxygens (including phenoxy) is 1. The molecule has 0 atom stereocenters. The summed E-state index contributed by atoms with van der Waals surface area (Å²) in [6, 6.07) is 5.65. The molecule has 6 heteroatoms. The molecule has 1 aromatic heterocycles. The predicted molar refractivity (Wildman–Crippen MR) is 73.4 cm³/mol. The summed E-state index contributed by atoms with van der Waals surface area (Å²) in [7, 11) is 5.33. The molecule has 0 unspecified atom stereocenters. The van der Waals surface area contributed by atoms with Gasteiger partial charge in [-0.3, -0.25) is 4.79 Å². The highest BCUT2D eigenvalue weighted by Crippen LogP contribution is 2.28. The van der Waals surface area contributed by atoms with Crippen LogP contribution in [0.4, 0.5) is 5.13 Å². The monoisotopic (exact) mass is 265 g/mol. The Labute approximate surface area is 109 Å². The lowest BCUT2D eigenvalue weighted by molar-refractivity contribution is -0.116. The van der Waals surface area contributed by atoms with Crippen molar-refractivity contribution >= 4 is 32.6 Å². The van der Waals surface area contributed by atoms with Crippen LogP contribution in [0.15, 0.2) is 18.2 Å². The van der Waals surface area contributed by atoms with Crippen LogP contribution in [0.3, 0.4) is 0 Å². The average molecular weight is 265 g/mol. The number of nitrogens with zero attached hydrogens (tertiary/aromatic N) is 2. The highest BCUT2D eigenvalue weighted by Gasteiger charge is 2.09. The molecule has 0 fully saturated rings. The van der Waals surface area contributed by atoms with E-state index in [1.807, 2.05) is 37.2 Å². The van der Waals surface area contributed by atoms with Gasteiger partial charge in [0.25, 0.3) is 0 Å². The molecule has 1 amide bonds. The van der Waals surface area contributed by atoms with E-state index in [1.165, 1.54) is 11.3 Å². The van der Waals surface area contributed by atoms with Crippen LogP contribution >= 0.6 is 11.3 Å². The summed E-state index contributed by atoms with van der Waals surface area (Å²) in [6.45, 7) is 0.346. The van der Waals surface area contributed by atoms with E-state index in [2.05, 4.69) is 10.3 Å². The largest absolute Gasteiger partial charge is 0.497 e. The molecular formula is C12H15N3O2S. The van der Waals surface area contributed by atoms with Crippen molar-refractivity contribution in [2.24, 2.45) is 0 Å². The SMILES string of the molecule is COc1ccc2nc(NC(=O)CN(C)C)sc2c1. The molecule has 5 nitrogen and oxygen atoms in total. The highest BCUT2D eigenvalue weighted by molar-refractivity contribution is 7.22. The third kappa shape index (κ3) is 2.96. The molecule has 0 aliphatic rings. The summed E-state index contributed by atoms with van der Waals surface area (Å²) >= 11 is 1.44. The van der Waals surface area contributed by atoms with Gasteiger partial charge in [0, 0.05) is 0 Å². The van der Waals surface area contributed by atoms with Gasteiger partial charge >= 0.3 is 0 Å². The van der Waals surface area contributed by atoms with E-state index in [9.17, 15) is 4.79 Å². The zero-order valence-electron chi connectivity index (χ0n) is 10.6. The number of methoxy groups -OCH3 is 1. The molecule has 2 aromatic rings. The molecule has 0 spiro atoms. The smallest absolute Gasteiger partial charge is 0.240 e. The Balaban J connectivity index is 2.17. The van der Waals surface area contributed by atoms with Gasteiger partial charge in [-0.15, -0.1) is 0 Å². The van der Waals surface area contributed by atoms with Crippen molar-refractivity contribution in [3.05, 3.63) is 18.2 Å². The molecule has 1 aromatic carbocycles. The van der Waals surface area contributed by atoms with Gasteiger partial charge in [-0.25, -0.2) is 4.98 Å². The fourth-order valence-corrected chi connectivity index (χ4v) is 2.44. The maximum atomic E-state index is 11.6. The summed E-state index contributed by atoms with van der Waals surface area (Å²) in [5, 5.41) is 3.40. The Morgan fingerprint density at radius 2 is 2.28 bits per heavy atom. The molecule has 1 N–H and O–H groups in total. The number of likely N-dealkylation sites (N-methyl/N-ethyl adjacent to an activating group) is 1. The van der Waals surface area contributed by atoms with Crippen molar-refractivity contribution < 1.29 is 9.53 Å². The minimum absolute atomic E-state index is 0.0639. The Hall–Kier alpha value is -1.66. The first-order valence-electron chi connectivity index (χ1n) is 5.47. The van der Waals surface area contributed by atoms with Gasteiger partial charge in [-0.1, -0.05) is 11.3 Å². The minimum Gasteiger partial charge on any atom is -0.497 e. The predicted octanol–water partition coefficient (Wildman–Crippen LogP) is 1.80. The zero-order chi connectivity index (χ0) is 13.1. The number of rotatable bonds is 4. The van der Waals surface area contributed by atoms with Gasteiger partial charge < -0.3 is 15.0 Å². The third-order valence-corrected chi connectivity index (χ3v) is 3.24. The van der Waals surface area contributed by atoms with Gasteiger partial charge in [-0.2, -0.15) is 0 Å². The number of anilines is 1. The number of fused-ring (bicyclic) bond motifs is 1. The van der Waals surface area contributed by atoms with E-state index >= 15 is 0 Å². The molecule has 18 heavy (non-hydrogen) atoms. The van der Waals surface area contributed by atoms with Gasteiger partial charge in [0.05, 0.1) is 23.9 Å². The standard InChI is InChI=1S/C12H15N3O2S/c1-15(2)7-11(16)14-12-13-9-5-4-8(17-3)6-10(9)18-12/h4-6H,7H2,1-3H3,(H,13,14,16). The normalized spacial score (nSPS) is 10.9. The number of aromatic nitrogens is 1. The van der Waals surface area contributed by atoms with E-state index in [1.54, 1.807) is 7.11 Å². The van der Waals surface area contributed by atoms with Crippen molar-refractivity contribution in [2.75, 3.05) is 33.1 Å². The van der Waals surface area contributed by atoms with Crippen LogP contribution in [0.2, 0.25) is 0 Å². The van der Waals surface area contributed by atoms with Crippen molar-refractivity contribution in [2.45, 2.75) is 0 Å². The quantitative estimate of drug-likeness (QED) is 0.916. The molecule has 0 bridgehead atoms. The lowest BCUT2D eigenvalue weighted by Crippen LogP contribution is -2.26. The average Bonchev–Trinajstić information content (AvgIpc) is 2.68. The second-order valence-corrected chi connectivity index (χ2v) is 5.17. The van der Waals surface area contributed by atoms with Gasteiger partial charge in [-0.05, 0) is 32.3 Å². The molecule has 0 saturated heterocycles. The summed E-state index contributed by atoms with van der Waals surface area (Å²) < 4.78 is 6.15. The van der Waals surface area contributed by atoms with Crippen LogP contribution in [-0.4, -0.2) is 43.5 Å². The fourth-order valence-electron chi connectivity index (χ4n) is 1.53. The molecule has 0 saturated carbocycles. The Kier molecular flexibility index (Phi) is 3.78. The number of nitrogens with one attached hydrogen (secondary N) is 1. The van der Waals surface area contributed by atoms with Gasteiger partial charge in [0.1, 0.15) is 5.75 Å². The molecular weight excluding hydrogens is 250 g/mol. The van der Waals surface area contributed by atoms with Crippen LogP contribution in [0.5, 0.6) is 5.75 Å². The van der Waals surface area contributed by atoms with Gasteiger partial charge in [0.15, 0.2) is 5.13 Å². The summed E-state index contributed by atoms with van der Waals surface area (Å²) in [5.74, 6) is 0.725. The molecule has 0 radical (unpaired) electrons. The number of thiazole rings is 1. The minimum atomic E-state index is -0.0639. The van der Waals surface area contributed by atoms with Crippen LogP contribution < -0.4 is 10.1 Å². The molecule has 2 rings (SSSR count). The molecule has 0 aliphatic carbocycles. The molecule has 1 heterocycles. The van der Waals surface area contributed by atoms with Gasteiger partial charge in [0.2, 0.25) is 5.91 Å². The first-order valence-corrected chi connectivity index (χ1v) is 6.29. The van der Waals surface area contributed by atoms with E-state index in [0.717, 1.165) is 16.0 Å². The molecule has 0 aliphatic heterocycles. The highest BCUT2D eigenvalue weighted by atomic mass is 32.1. The number of benzene rings is 1. The Morgan fingerprint density at radius 1 is 1.50 bits per heavy atom. The number of carbonyl (C=O) groups excluding carboxylic acids is 1. The second kappa shape index (κ2) is 5.32. The summed E-state index contributed by atoms with van der Waals surface area (Å²) in [6.07, 6.45) is 0. The van der Waals surface area contributed by atoms with Crippen molar-refractivity contribution in [3.8, 4) is 5.75 Å². The summed E-state index contributed by atoms with van der Waals surface area (Å²) in [5.41, 5.74) is 0.862. The van der Waals surface area contributed by atoms with Crippen molar-refractivity contribution in [1.29, 1.82) is 0 Å². The van der Waals surface area contributed by atoms with Crippen LogP contribution in [-0.2, 0) is 4.79 Å². The lowest BCUT2D eigenvalue weighted by Gasteiger charge is -2.07. The number of carbonyl (C=O) groups is 1. The number of hydrogen-bond donors (Lipinski definition) is 1. The number of hydrogen-bond acceptors (Lipinski definition) is 5. The van der Waals surface area contributed by atoms with E-state index in [4.69, 9.17) is 4.74 Å². The van der Waals surface area contributed by atoms with Crippen LogP contribution in [0.25, 0.3) is 10.2 Å². The first kappa shape index (κ1) is 12.8. The lowest BCUT2D eigenvalue weighted by atomic mass is 10.3. The fraction of sp³-hybridized carbons (Fsp3) is 0.333. The van der Waals surface area contributed by atoms with Crippen LogP contribution in [0.1, 0.15) is 0 Å². The number of amides is 1. The topological polar surface area (TPSA) is 54.5 Å². The van der Waals surface area contributed by atoms with Crippen LogP contribution in [0, 0.1) is 0 Å². The molecule has 96 valence electrons. The maximum absolute atomic E-state index is 11.6. The maximum Gasteiger partial charge on any atom is 0.240 e. The summed E-state index contributed by atoms with van der Waals surface area (Å²) in [4.78, 5) is 17.8. The Bertz CT molecular complexity index is 565. The third-order valence-electron chi connectivity index (χ3n) is 2.30. The van der Waals surface area contributed by atoms with E-state index in [0.29, 0.717) is 11.7 Å². The second-order valence-electron chi connectivity index (χ2n) is 4.14. The zero-order valence-corrected chi connectivity index (χ0v) is 11.4. The van der Waals surface area contributed by atoms with Crippen molar-refractivity contribution in [3.63, 3.8) is 0 Å². The van der Waals surface area contributed by atoms with Crippen molar-refractivity contribution in [1.82, 2.24) is 9.88 Å².